The van der Waals surface area contributed by atoms with Crippen molar-refractivity contribution in [3.05, 3.63) is 0 Å². The molecule has 17 heavy (non-hydrogen) atoms. The van der Waals surface area contributed by atoms with E-state index in [1.165, 1.54) is 0 Å². The van der Waals surface area contributed by atoms with Gasteiger partial charge >= 0.3 is 5.97 Å². The minimum Gasteiger partial charge on any atom is -0.465 e. The smallest absolute Gasteiger partial charge is 0.323 e. The summed E-state index contributed by atoms with van der Waals surface area (Å²) in [5, 5.41) is 9.12. The fourth-order valence-electron chi connectivity index (χ4n) is 2.16. The summed E-state index contributed by atoms with van der Waals surface area (Å²) in [6.45, 7) is 7.31. The zero-order valence-electron chi connectivity index (χ0n) is 10.9. The van der Waals surface area contributed by atoms with Crippen LogP contribution >= 0.6 is 0 Å². The predicted molar refractivity (Wildman–Crippen MR) is 63.7 cm³/mol. The molecule has 1 rings (SSSR count). The van der Waals surface area contributed by atoms with Gasteiger partial charge < -0.3 is 14.6 Å². The van der Waals surface area contributed by atoms with Gasteiger partial charge in [-0.25, -0.2) is 0 Å². The lowest BCUT2D eigenvalue weighted by molar-refractivity contribution is -0.157. The van der Waals surface area contributed by atoms with Crippen molar-refractivity contribution in [2.45, 2.75) is 45.4 Å². The van der Waals surface area contributed by atoms with Crippen molar-refractivity contribution in [2.24, 2.45) is 0 Å². The van der Waals surface area contributed by atoms with Crippen LogP contribution in [-0.2, 0) is 14.3 Å². The van der Waals surface area contributed by atoms with Crippen LogP contribution in [-0.4, -0.2) is 60.5 Å². The maximum absolute atomic E-state index is 11.8. The van der Waals surface area contributed by atoms with Gasteiger partial charge in [0, 0.05) is 12.6 Å². The number of carbonyl (C=O) groups is 1. The number of hydrogen-bond acceptors (Lipinski definition) is 5. The van der Waals surface area contributed by atoms with E-state index in [1.807, 2.05) is 20.8 Å². The summed E-state index contributed by atoms with van der Waals surface area (Å²) in [6.07, 6.45) is 0.510. The number of hydrogen-bond donors (Lipinski definition) is 1. The van der Waals surface area contributed by atoms with Crippen LogP contribution < -0.4 is 0 Å². The molecule has 0 aliphatic carbocycles. The van der Waals surface area contributed by atoms with Gasteiger partial charge in [-0.05, 0) is 20.3 Å². The van der Waals surface area contributed by atoms with Gasteiger partial charge in [0.2, 0.25) is 0 Å². The Morgan fingerprint density at radius 1 is 1.59 bits per heavy atom. The maximum Gasteiger partial charge on any atom is 0.323 e. The molecule has 0 radical (unpaired) electrons. The van der Waals surface area contributed by atoms with Gasteiger partial charge in [-0.3, -0.25) is 9.69 Å². The summed E-state index contributed by atoms with van der Waals surface area (Å²) in [5.41, 5.74) is 0. The van der Waals surface area contributed by atoms with E-state index in [0.717, 1.165) is 0 Å². The first-order valence-corrected chi connectivity index (χ1v) is 6.28. The Labute approximate surface area is 103 Å². The number of nitrogens with zero attached hydrogens (tertiary/aromatic N) is 1. The van der Waals surface area contributed by atoms with Gasteiger partial charge in [-0.1, -0.05) is 6.92 Å². The molecule has 1 aliphatic heterocycles. The van der Waals surface area contributed by atoms with Crippen molar-refractivity contribution in [1.82, 2.24) is 4.90 Å². The van der Waals surface area contributed by atoms with E-state index in [9.17, 15) is 4.79 Å². The first-order chi connectivity index (χ1) is 8.13. The summed E-state index contributed by atoms with van der Waals surface area (Å²) < 4.78 is 10.5. The predicted octanol–water partition coefficient (Wildman–Crippen LogP) is 0.410. The lowest BCUT2D eigenvalue weighted by Gasteiger charge is -2.40. The molecule has 3 unspecified atom stereocenters. The van der Waals surface area contributed by atoms with Crippen LogP contribution in [0.25, 0.3) is 0 Å². The highest BCUT2D eigenvalue weighted by Gasteiger charge is 2.34. The van der Waals surface area contributed by atoms with Crippen LogP contribution in [0.2, 0.25) is 0 Å². The van der Waals surface area contributed by atoms with E-state index in [1.54, 1.807) is 0 Å². The van der Waals surface area contributed by atoms with E-state index >= 15 is 0 Å². The number of ether oxygens (including phenoxy) is 2. The minimum atomic E-state index is -0.233. The Morgan fingerprint density at radius 3 is 2.82 bits per heavy atom. The maximum atomic E-state index is 11.8. The van der Waals surface area contributed by atoms with Crippen molar-refractivity contribution < 1.29 is 19.4 Å². The van der Waals surface area contributed by atoms with E-state index < -0.39 is 0 Å². The fraction of sp³-hybridized carbons (Fsp3) is 0.917. The molecule has 0 saturated carbocycles. The normalized spacial score (nSPS) is 27.8. The van der Waals surface area contributed by atoms with Crippen molar-refractivity contribution in [1.29, 1.82) is 0 Å². The largest absolute Gasteiger partial charge is 0.465 e. The zero-order chi connectivity index (χ0) is 12.8. The average Bonchev–Trinajstić information content (AvgIpc) is 2.33. The van der Waals surface area contributed by atoms with Crippen LogP contribution in [0.3, 0.4) is 0 Å². The quantitative estimate of drug-likeness (QED) is 0.711. The molecule has 1 heterocycles. The van der Waals surface area contributed by atoms with Crippen molar-refractivity contribution in [2.75, 3.05) is 26.4 Å². The summed E-state index contributed by atoms with van der Waals surface area (Å²) in [4.78, 5) is 13.9. The van der Waals surface area contributed by atoms with Gasteiger partial charge in [0.05, 0.1) is 25.9 Å². The first-order valence-electron chi connectivity index (χ1n) is 6.28. The zero-order valence-corrected chi connectivity index (χ0v) is 10.9. The molecule has 5 heteroatoms. The number of morpholine rings is 1. The molecule has 3 atom stereocenters. The van der Waals surface area contributed by atoms with Gasteiger partial charge in [-0.15, -0.1) is 0 Å². The Hall–Kier alpha value is -0.650. The molecule has 100 valence electrons. The molecule has 0 aromatic carbocycles. The standard InChI is InChI=1S/C12H23NO4/c1-4-11(12(15)16-5-2)13-6-10(7-14)17-8-9(13)3/h9-11,14H,4-8H2,1-3H3. The van der Waals surface area contributed by atoms with Gasteiger partial charge in [0.1, 0.15) is 6.04 Å². The van der Waals surface area contributed by atoms with Gasteiger partial charge in [-0.2, -0.15) is 0 Å². The Kier molecular flexibility index (Phi) is 5.88. The SMILES string of the molecule is CCOC(=O)C(CC)N1CC(CO)OCC1C. The van der Waals surface area contributed by atoms with E-state index in [2.05, 4.69) is 4.90 Å². The lowest BCUT2D eigenvalue weighted by Crippen LogP contribution is -2.56. The highest BCUT2D eigenvalue weighted by molar-refractivity contribution is 5.75. The average molecular weight is 245 g/mol. The molecule has 1 fully saturated rings. The third-order valence-corrected chi connectivity index (χ3v) is 3.10. The molecule has 1 aliphatic rings. The number of aliphatic hydroxyl groups excluding tert-OH is 1. The Balaban J connectivity index is 2.67. The molecule has 0 aromatic rings. The van der Waals surface area contributed by atoms with Crippen LogP contribution in [0.1, 0.15) is 27.2 Å². The fourth-order valence-corrected chi connectivity index (χ4v) is 2.16. The van der Waals surface area contributed by atoms with Crippen molar-refractivity contribution in [3.8, 4) is 0 Å². The molecular formula is C12H23NO4. The number of esters is 1. The summed E-state index contributed by atoms with van der Waals surface area (Å²) >= 11 is 0. The van der Waals surface area contributed by atoms with Crippen LogP contribution in [0, 0.1) is 0 Å². The van der Waals surface area contributed by atoms with E-state index in [0.29, 0.717) is 26.2 Å². The van der Waals surface area contributed by atoms with Gasteiger partial charge in [0.25, 0.3) is 0 Å². The highest BCUT2D eigenvalue weighted by Crippen LogP contribution is 2.17. The first kappa shape index (κ1) is 14.4. The van der Waals surface area contributed by atoms with Crippen LogP contribution in [0.5, 0.6) is 0 Å². The van der Waals surface area contributed by atoms with Crippen LogP contribution in [0.4, 0.5) is 0 Å². The summed E-state index contributed by atoms with van der Waals surface area (Å²) in [7, 11) is 0. The van der Waals surface area contributed by atoms with E-state index in [4.69, 9.17) is 14.6 Å². The van der Waals surface area contributed by atoms with E-state index in [-0.39, 0.29) is 30.8 Å². The second kappa shape index (κ2) is 6.93. The van der Waals surface area contributed by atoms with Gasteiger partial charge in [0.15, 0.2) is 0 Å². The number of rotatable bonds is 5. The molecule has 1 N–H and O–H groups in total. The van der Waals surface area contributed by atoms with Crippen LogP contribution in [0.15, 0.2) is 0 Å². The molecule has 1 saturated heterocycles. The Bertz CT molecular complexity index is 247. The minimum absolute atomic E-state index is 0.0114. The number of aliphatic hydroxyl groups is 1. The second-order valence-corrected chi connectivity index (χ2v) is 4.36. The number of carbonyl (C=O) groups excluding carboxylic acids is 1. The molecule has 0 spiro atoms. The third-order valence-electron chi connectivity index (χ3n) is 3.10. The van der Waals surface area contributed by atoms with Crippen molar-refractivity contribution in [3.63, 3.8) is 0 Å². The Morgan fingerprint density at radius 2 is 2.29 bits per heavy atom. The summed E-state index contributed by atoms with van der Waals surface area (Å²) in [5.74, 6) is -0.180. The summed E-state index contributed by atoms with van der Waals surface area (Å²) in [6, 6.07) is -0.0601. The molecule has 0 amide bonds. The monoisotopic (exact) mass is 245 g/mol. The second-order valence-electron chi connectivity index (χ2n) is 4.36. The molecule has 0 aromatic heterocycles. The van der Waals surface area contributed by atoms with Crippen molar-refractivity contribution >= 4 is 5.97 Å². The topological polar surface area (TPSA) is 59.0 Å². The third kappa shape index (κ3) is 3.66. The molecular weight excluding hydrogens is 222 g/mol. The lowest BCUT2D eigenvalue weighted by atomic mass is 10.1. The molecule has 0 bridgehead atoms. The highest BCUT2D eigenvalue weighted by atomic mass is 16.5. The molecule has 5 nitrogen and oxygen atoms in total.